The molecule has 1 fully saturated rings. The fourth-order valence-corrected chi connectivity index (χ4v) is 2.59. The van der Waals surface area contributed by atoms with Crippen LogP contribution in [0.3, 0.4) is 0 Å². The van der Waals surface area contributed by atoms with Crippen molar-refractivity contribution in [1.29, 1.82) is 0 Å². The first kappa shape index (κ1) is 18.6. The quantitative estimate of drug-likeness (QED) is 0.833. The van der Waals surface area contributed by atoms with Crippen molar-refractivity contribution in [2.24, 2.45) is 0 Å². The van der Waals surface area contributed by atoms with E-state index < -0.39 is 5.82 Å². The molecular weight excluding hydrogens is 337 g/mol. The van der Waals surface area contributed by atoms with Gasteiger partial charge in [0.25, 0.3) is 0 Å². The van der Waals surface area contributed by atoms with Gasteiger partial charge in [-0.05, 0) is 18.2 Å². The smallest absolute Gasteiger partial charge is 0.240 e. The molecule has 1 aliphatic rings. The third-order valence-electron chi connectivity index (χ3n) is 3.75. The molecule has 0 bridgehead atoms. The zero-order chi connectivity index (χ0) is 17.5. The first-order valence-electron chi connectivity index (χ1n) is 7.77. The predicted molar refractivity (Wildman–Crippen MR) is 89.7 cm³/mol. The fourth-order valence-electron chi connectivity index (χ4n) is 2.42. The Labute approximate surface area is 145 Å². The molecular formula is C16H21ClFN3O3. The molecule has 0 atom stereocenters. The van der Waals surface area contributed by atoms with E-state index in [2.05, 4.69) is 10.2 Å². The van der Waals surface area contributed by atoms with E-state index in [9.17, 15) is 14.0 Å². The van der Waals surface area contributed by atoms with Crippen LogP contribution in [0.5, 0.6) is 0 Å². The summed E-state index contributed by atoms with van der Waals surface area (Å²) < 4.78 is 18.5. The molecule has 132 valence electrons. The summed E-state index contributed by atoms with van der Waals surface area (Å²) in [5.41, 5.74) is 0.386. The minimum atomic E-state index is -0.570. The molecule has 1 N–H and O–H groups in total. The average Bonchev–Trinajstić information content (AvgIpc) is 2.56. The molecule has 1 heterocycles. The van der Waals surface area contributed by atoms with E-state index in [-0.39, 0.29) is 23.4 Å². The largest absolute Gasteiger partial charge is 0.379 e. The maximum absolute atomic E-state index is 13.2. The minimum Gasteiger partial charge on any atom is -0.379 e. The lowest BCUT2D eigenvalue weighted by Gasteiger charge is -2.26. The van der Waals surface area contributed by atoms with Crippen molar-refractivity contribution in [3.05, 3.63) is 29.0 Å². The van der Waals surface area contributed by atoms with Gasteiger partial charge in [0.1, 0.15) is 12.4 Å². The van der Waals surface area contributed by atoms with Crippen LogP contribution in [0.15, 0.2) is 18.2 Å². The number of rotatable bonds is 6. The van der Waals surface area contributed by atoms with E-state index in [4.69, 9.17) is 16.3 Å². The molecule has 0 saturated carbocycles. The first-order valence-corrected chi connectivity index (χ1v) is 8.15. The summed E-state index contributed by atoms with van der Waals surface area (Å²) in [4.78, 5) is 27.3. The number of benzene rings is 1. The van der Waals surface area contributed by atoms with Crippen molar-refractivity contribution < 1.29 is 18.7 Å². The van der Waals surface area contributed by atoms with Gasteiger partial charge in [-0.15, -0.1) is 0 Å². The summed E-state index contributed by atoms with van der Waals surface area (Å²) in [7, 11) is 0. The Kier molecular flexibility index (Phi) is 6.96. The molecule has 0 aromatic heterocycles. The second kappa shape index (κ2) is 8.96. The van der Waals surface area contributed by atoms with Gasteiger partial charge in [0, 0.05) is 38.8 Å². The number of hydrogen-bond donors (Lipinski definition) is 1. The van der Waals surface area contributed by atoms with Crippen LogP contribution in [-0.4, -0.2) is 62.7 Å². The summed E-state index contributed by atoms with van der Waals surface area (Å²) in [6, 6.07) is 3.92. The summed E-state index contributed by atoms with van der Waals surface area (Å²) >= 11 is 5.74. The number of nitrogens with one attached hydrogen (secondary N) is 1. The third kappa shape index (κ3) is 5.43. The minimum absolute atomic E-state index is 0.0912. The molecule has 0 spiro atoms. The maximum Gasteiger partial charge on any atom is 0.240 e. The van der Waals surface area contributed by atoms with E-state index in [1.165, 1.54) is 30.0 Å². The van der Waals surface area contributed by atoms with E-state index in [1.807, 2.05) is 0 Å². The molecule has 2 rings (SSSR count). The monoisotopic (exact) mass is 357 g/mol. The van der Waals surface area contributed by atoms with Crippen LogP contribution in [-0.2, 0) is 14.3 Å². The van der Waals surface area contributed by atoms with Crippen molar-refractivity contribution in [2.75, 3.05) is 50.8 Å². The molecule has 0 aliphatic carbocycles. The number of morpholine rings is 1. The molecule has 0 unspecified atom stereocenters. The lowest BCUT2D eigenvalue weighted by atomic mass is 10.2. The second-order valence-electron chi connectivity index (χ2n) is 5.51. The highest BCUT2D eigenvalue weighted by molar-refractivity contribution is 6.31. The number of halogens is 2. The normalized spacial score (nSPS) is 15.1. The maximum atomic E-state index is 13.2. The van der Waals surface area contributed by atoms with Crippen LogP contribution >= 0.6 is 11.6 Å². The Balaban J connectivity index is 1.86. The summed E-state index contributed by atoms with van der Waals surface area (Å²) in [6.45, 7) is 5.55. The van der Waals surface area contributed by atoms with Crippen LogP contribution in [0.2, 0.25) is 5.02 Å². The van der Waals surface area contributed by atoms with E-state index >= 15 is 0 Å². The van der Waals surface area contributed by atoms with Crippen molar-refractivity contribution in [3.63, 3.8) is 0 Å². The number of carbonyl (C=O) groups excluding carboxylic acids is 2. The summed E-state index contributed by atoms with van der Waals surface area (Å²) in [5.74, 6) is -1.17. The average molecular weight is 358 g/mol. The Morgan fingerprint density at radius 1 is 1.38 bits per heavy atom. The topological polar surface area (TPSA) is 61.9 Å². The number of hydrogen-bond acceptors (Lipinski definition) is 4. The molecule has 6 nitrogen and oxygen atoms in total. The molecule has 24 heavy (non-hydrogen) atoms. The van der Waals surface area contributed by atoms with E-state index in [1.54, 1.807) is 0 Å². The van der Waals surface area contributed by atoms with Gasteiger partial charge in [0.2, 0.25) is 11.8 Å². The van der Waals surface area contributed by atoms with Gasteiger partial charge in [-0.3, -0.25) is 14.5 Å². The highest BCUT2D eigenvalue weighted by Gasteiger charge is 2.17. The molecule has 1 aromatic rings. The van der Waals surface area contributed by atoms with Gasteiger partial charge in [-0.2, -0.15) is 0 Å². The SMILES string of the molecule is CC(=O)N(CC(=O)NCCN1CCOCC1)c1ccc(F)c(Cl)c1. The molecule has 2 amide bonds. The van der Waals surface area contributed by atoms with Crippen molar-refractivity contribution in [3.8, 4) is 0 Å². The first-order chi connectivity index (χ1) is 11.5. The molecule has 1 aliphatic heterocycles. The lowest BCUT2D eigenvalue weighted by Crippen LogP contribution is -2.44. The van der Waals surface area contributed by atoms with Gasteiger partial charge in [-0.25, -0.2) is 4.39 Å². The molecule has 1 saturated heterocycles. The van der Waals surface area contributed by atoms with Crippen LogP contribution in [0.25, 0.3) is 0 Å². The molecule has 0 radical (unpaired) electrons. The number of amides is 2. The Hall–Kier alpha value is -1.70. The van der Waals surface area contributed by atoms with E-state index in [0.717, 1.165) is 19.6 Å². The summed E-state index contributed by atoms with van der Waals surface area (Å²) in [6.07, 6.45) is 0. The highest BCUT2D eigenvalue weighted by atomic mass is 35.5. The number of anilines is 1. The lowest BCUT2D eigenvalue weighted by molar-refractivity contribution is -0.123. The number of carbonyl (C=O) groups is 2. The van der Waals surface area contributed by atoms with Crippen LogP contribution in [0, 0.1) is 5.82 Å². The predicted octanol–water partition coefficient (Wildman–Crippen LogP) is 1.28. The van der Waals surface area contributed by atoms with Crippen LogP contribution in [0.4, 0.5) is 10.1 Å². The molecule has 8 heteroatoms. The van der Waals surface area contributed by atoms with E-state index in [0.29, 0.717) is 25.4 Å². The van der Waals surface area contributed by atoms with Crippen LogP contribution < -0.4 is 10.2 Å². The van der Waals surface area contributed by atoms with Crippen molar-refractivity contribution in [1.82, 2.24) is 10.2 Å². The van der Waals surface area contributed by atoms with Crippen molar-refractivity contribution >= 4 is 29.1 Å². The summed E-state index contributed by atoms with van der Waals surface area (Å²) in [5, 5.41) is 2.70. The van der Waals surface area contributed by atoms with Gasteiger partial charge in [-0.1, -0.05) is 11.6 Å². The Morgan fingerprint density at radius 3 is 2.71 bits per heavy atom. The zero-order valence-electron chi connectivity index (χ0n) is 13.6. The Bertz CT molecular complexity index is 594. The van der Waals surface area contributed by atoms with Gasteiger partial charge < -0.3 is 15.0 Å². The third-order valence-corrected chi connectivity index (χ3v) is 4.04. The standard InChI is InChI=1S/C16H21ClFN3O3/c1-12(22)21(13-2-3-15(18)14(17)10-13)11-16(23)19-4-5-20-6-8-24-9-7-20/h2-3,10H,4-9,11H2,1H3,(H,19,23). The number of ether oxygens (including phenoxy) is 1. The highest BCUT2D eigenvalue weighted by Crippen LogP contribution is 2.22. The number of nitrogens with zero attached hydrogens (tertiary/aromatic N) is 2. The van der Waals surface area contributed by atoms with Crippen molar-refractivity contribution in [2.45, 2.75) is 6.92 Å². The van der Waals surface area contributed by atoms with Crippen LogP contribution in [0.1, 0.15) is 6.92 Å². The van der Waals surface area contributed by atoms with Gasteiger partial charge in [0.05, 0.1) is 18.2 Å². The fraction of sp³-hybridized carbons (Fsp3) is 0.500. The van der Waals surface area contributed by atoms with Gasteiger partial charge >= 0.3 is 0 Å². The molecule has 1 aromatic carbocycles. The zero-order valence-corrected chi connectivity index (χ0v) is 14.3. The van der Waals surface area contributed by atoms with Gasteiger partial charge in [0.15, 0.2) is 0 Å². The second-order valence-corrected chi connectivity index (χ2v) is 5.91. The Morgan fingerprint density at radius 2 is 2.08 bits per heavy atom.